The van der Waals surface area contributed by atoms with E-state index in [2.05, 4.69) is 27.8 Å². The molecular formula is C21H18FN3S. The van der Waals surface area contributed by atoms with Crippen molar-refractivity contribution in [2.45, 2.75) is 33.2 Å². The Hall–Kier alpha value is -2.53. The second-order valence-electron chi connectivity index (χ2n) is 6.94. The summed E-state index contributed by atoms with van der Waals surface area (Å²) in [6, 6.07) is 10.2. The van der Waals surface area contributed by atoms with Crippen molar-refractivity contribution in [1.29, 1.82) is 0 Å². The zero-order valence-electron chi connectivity index (χ0n) is 14.7. The van der Waals surface area contributed by atoms with E-state index in [1.165, 1.54) is 4.70 Å². The van der Waals surface area contributed by atoms with Gasteiger partial charge in [-0.15, -0.1) is 11.3 Å². The average Bonchev–Trinajstić information content (AvgIpc) is 3.33. The zero-order chi connectivity index (χ0) is 17.8. The summed E-state index contributed by atoms with van der Waals surface area (Å²) in [5, 5.41) is 0. The fourth-order valence-corrected chi connectivity index (χ4v) is 4.62. The van der Waals surface area contributed by atoms with Crippen LogP contribution in [0.4, 0.5) is 4.39 Å². The molecule has 0 radical (unpaired) electrons. The van der Waals surface area contributed by atoms with Crippen LogP contribution in [-0.2, 0) is 13.0 Å². The first kappa shape index (κ1) is 15.7. The maximum atomic E-state index is 14.1. The van der Waals surface area contributed by atoms with Crippen LogP contribution in [0.2, 0.25) is 0 Å². The number of aryl methyl sites for hydroxylation is 3. The molecule has 0 saturated heterocycles. The van der Waals surface area contributed by atoms with Crippen molar-refractivity contribution in [3.05, 3.63) is 58.6 Å². The minimum absolute atomic E-state index is 0.131. The van der Waals surface area contributed by atoms with E-state index in [0.717, 1.165) is 53.2 Å². The number of benzene rings is 2. The SMILES string of the molecule is Cc1cc(-c2nc3n(c2-c2ccc4ncsc4c2)CCC3)cc(C)c1F. The Labute approximate surface area is 155 Å². The quantitative estimate of drug-likeness (QED) is 0.469. The summed E-state index contributed by atoms with van der Waals surface area (Å²) in [6.07, 6.45) is 2.12. The second-order valence-corrected chi connectivity index (χ2v) is 7.83. The molecule has 5 rings (SSSR count). The van der Waals surface area contributed by atoms with Crippen LogP contribution < -0.4 is 0 Å². The summed E-state index contributed by atoms with van der Waals surface area (Å²) < 4.78 is 17.6. The molecule has 0 amide bonds. The van der Waals surface area contributed by atoms with Crippen molar-refractivity contribution in [3.63, 3.8) is 0 Å². The molecule has 4 aromatic rings. The lowest BCUT2D eigenvalue weighted by Gasteiger charge is -2.11. The Morgan fingerprint density at radius 2 is 1.88 bits per heavy atom. The number of imidazole rings is 1. The highest BCUT2D eigenvalue weighted by atomic mass is 32.1. The number of rotatable bonds is 2. The van der Waals surface area contributed by atoms with Gasteiger partial charge in [-0.1, -0.05) is 6.07 Å². The van der Waals surface area contributed by atoms with Crippen molar-refractivity contribution >= 4 is 21.6 Å². The summed E-state index contributed by atoms with van der Waals surface area (Å²) in [6.45, 7) is 4.62. The molecule has 0 atom stereocenters. The van der Waals surface area contributed by atoms with Crippen LogP contribution in [0.15, 0.2) is 35.8 Å². The van der Waals surface area contributed by atoms with Crippen LogP contribution in [0.1, 0.15) is 23.4 Å². The molecule has 2 aromatic heterocycles. The molecule has 0 spiro atoms. The van der Waals surface area contributed by atoms with Crippen molar-refractivity contribution < 1.29 is 4.39 Å². The van der Waals surface area contributed by atoms with Crippen LogP contribution in [-0.4, -0.2) is 14.5 Å². The Balaban J connectivity index is 1.77. The highest BCUT2D eigenvalue weighted by molar-refractivity contribution is 7.16. The maximum Gasteiger partial charge on any atom is 0.129 e. The van der Waals surface area contributed by atoms with Gasteiger partial charge in [0, 0.05) is 24.1 Å². The molecule has 0 N–H and O–H groups in total. The van der Waals surface area contributed by atoms with Gasteiger partial charge in [-0.05, 0) is 55.7 Å². The van der Waals surface area contributed by atoms with Gasteiger partial charge in [0.2, 0.25) is 0 Å². The van der Waals surface area contributed by atoms with Gasteiger partial charge >= 0.3 is 0 Å². The highest BCUT2D eigenvalue weighted by Gasteiger charge is 2.24. The smallest absolute Gasteiger partial charge is 0.129 e. The molecule has 130 valence electrons. The van der Waals surface area contributed by atoms with Gasteiger partial charge in [0.1, 0.15) is 11.6 Å². The first-order valence-corrected chi connectivity index (χ1v) is 9.70. The number of hydrogen-bond acceptors (Lipinski definition) is 3. The number of aromatic nitrogens is 3. The fraction of sp³-hybridized carbons (Fsp3) is 0.238. The van der Waals surface area contributed by atoms with E-state index in [1.54, 1.807) is 11.3 Å². The lowest BCUT2D eigenvalue weighted by molar-refractivity contribution is 0.609. The molecule has 0 bridgehead atoms. The third-order valence-electron chi connectivity index (χ3n) is 5.14. The van der Waals surface area contributed by atoms with Crippen LogP contribution >= 0.6 is 11.3 Å². The molecule has 3 nitrogen and oxygen atoms in total. The lowest BCUT2D eigenvalue weighted by atomic mass is 10.00. The minimum Gasteiger partial charge on any atom is -0.327 e. The number of thiazole rings is 1. The van der Waals surface area contributed by atoms with Crippen molar-refractivity contribution in [1.82, 2.24) is 14.5 Å². The van der Waals surface area contributed by atoms with Crippen molar-refractivity contribution in [2.75, 3.05) is 0 Å². The van der Waals surface area contributed by atoms with Gasteiger partial charge in [-0.25, -0.2) is 14.4 Å². The summed E-state index contributed by atoms with van der Waals surface area (Å²) in [7, 11) is 0. The topological polar surface area (TPSA) is 30.7 Å². The van der Waals surface area contributed by atoms with E-state index in [-0.39, 0.29) is 5.82 Å². The molecule has 0 unspecified atom stereocenters. The first-order chi connectivity index (χ1) is 12.6. The molecule has 26 heavy (non-hydrogen) atoms. The highest BCUT2D eigenvalue weighted by Crippen LogP contribution is 2.38. The van der Waals surface area contributed by atoms with Gasteiger partial charge in [0.05, 0.1) is 27.1 Å². The van der Waals surface area contributed by atoms with E-state index >= 15 is 0 Å². The van der Waals surface area contributed by atoms with Crippen molar-refractivity contribution in [2.24, 2.45) is 0 Å². The Morgan fingerprint density at radius 3 is 2.69 bits per heavy atom. The molecular weight excluding hydrogens is 345 g/mol. The Bertz CT molecular complexity index is 1130. The Morgan fingerprint density at radius 1 is 1.08 bits per heavy atom. The Kier molecular flexibility index (Phi) is 3.47. The molecule has 2 aromatic carbocycles. The molecule has 1 aliphatic heterocycles. The maximum absolute atomic E-state index is 14.1. The number of halogens is 1. The normalized spacial score (nSPS) is 13.5. The summed E-state index contributed by atoms with van der Waals surface area (Å²) in [5.74, 6) is 0.993. The fourth-order valence-electron chi connectivity index (χ4n) is 3.91. The van der Waals surface area contributed by atoms with Gasteiger partial charge in [-0.2, -0.15) is 0 Å². The third kappa shape index (κ3) is 2.31. The number of fused-ring (bicyclic) bond motifs is 2. The predicted molar refractivity (Wildman–Crippen MR) is 104 cm³/mol. The van der Waals surface area contributed by atoms with Gasteiger partial charge in [0.15, 0.2) is 0 Å². The standard InChI is InChI=1S/C21H18FN3S/c1-12-8-15(9-13(2)19(12)22)20-21(25-7-3-4-18(25)24-20)14-5-6-16-17(10-14)26-11-23-16/h5-6,8-11H,3-4,7H2,1-2H3. The van der Waals surface area contributed by atoms with Gasteiger partial charge in [-0.3, -0.25) is 0 Å². The van der Waals surface area contributed by atoms with Crippen molar-refractivity contribution in [3.8, 4) is 22.5 Å². The van der Waals surface area contributed by atoms with Crippen LogP contribution in [0, 0.1) is 19.7 Å². The van der Waals surface area contributed by atoms with E-state index in [9.17, 15) is 4.39 Å². The number of nitrogens with zero attached hydrogens (tertiary/aromatic N) is 3. The lowest BCUT2D eigenvalue weighted by Crippen LogP contribution is -1.97. The average molecular weight is 363 g/mol. The molecule has 0 saturated carbocycles. The summed E-state index contributed by atoms with van der Waals surface area (Å²) in [5.41, 5.74) is 8.46. The van der Waals surface area contributed by atoms with Crippen LogP contribution in [0.25, 0.3) is 32.7 Å². The number of hydrogen-bond donors (Lipinski definition) is 0. The van der Waals surface area contributed by atoms with Crippen LogP contribution in [0.3, 0.4) is 0 Å². The predicted octanol–water partition coefficient (Wildman–Crippen LogP) is 5.53. The summed E-state index contributed by atoms with van der Waals surface area (Å²) >= 11 is 1.65. The van der Waals surface area contributed by atoms with E-state index in [0.29, 0.717) is 11.1 Å². The van der Waals surface area contributed by atoms with E-state index in [1.807, 2.05) is 31.5 Å². The second kappa shape index (κ2) is 5.74. The van der Waals surface area contributed by atoms with Gasteiger partial charge in [0.25, 0.3) is 0 Å². The monoisotopic (exact) mass is 363 g/mol. The van der Waals surface area contributed by atoms with Crippen LogP contribution in [0.5, 0.6) is 0 Å². The third-order valence-corrected chi connectivity index (χ3v) is 5.94. The minimum atomic E-state index is -0.131. The molecule has 5 heteroatoms. The van der Waals surface area contributed by atoms with Gasteiger partial charge < -0.3 is 4.57 Å². The largest absolute Gasteiger partial charge is 0.327 e. The molecule has 1 aliphatic rings. The zero-order valence-corrected chi connectivity index (χ0v) is 15.5. The summed E-state index contributed by atoms with van der Waals surface area (Å²) in [4.78, 5) is 9.33. The molecule has 0 aliphatic carbocycles. The van der Waals surface area contributed by atoms with E-state index < -0.39 is 0 Å². The molecule has 0 fully saturated rings. The van der Waals surface area contributed by atoms with E-state index in [4.69, 9.17) is 4.98 Å². The first-order valence-electron chi connectivity index (χ1n) is 8.82. The molecule has 3 heterocycles.